The molecule has 2 aromatic rings. The smallest absolute Gasteiger partial charge is 0.321 e. The van der Waals surface area contributed by atoms with Gasteiger partial charge in [0.2, 0.25) is 0 Å². The number of hydrogen-bond acceptors (Lipinski definition) is 5. The van der Waals surface area contributed by atoms with Gasteiger partial charge in [0.15, 0.2) is 0 Å². The lowest BCUT2D eigenvalue weighted by atomic mass is 9.96. The van der Waals surface area contributed by atoms with Crippen LogP contribution in [0, 0.1) is 0 Å². The average Bonchev–Trinajstić information content (AvgIpc) is 3.17. The Balaban J connectivity index is 1.52. The number of nitrogens with one attached hydrogen (secondary N) is 3. The molecule has 31 heavy (non-hydrogen) atoms. The Bertz CT molecular complexity index is 964. The van der Waals surface area contributed by atoms with E-state index in [0.29, 0.717) is 44.2 Å². The third-order valence-corrected chi connectivity index (χ3v) is 5.78. The molecule has 1 atom stereocenters. The van der Waals surface area contributed by atoms with Crippen molar-refractivity contribution in [2.24, 2.45) is 4.99 Å². The number of anilines is 2. The number of carbonyl (C=O) groups is 1. The van der Waals surface area contributed by atoms with Crippen LogP contribution < -0.4 is 20.7 Å². The first-order valence-corrected chi connectivity index (χ1v) is 10.5. The molecule has 8 nitrogen and oxygen atoms in total. The number of rotatable bonds is 5. The van der Waals surface area contributed by atoms with E-state index in [1.807, 2.05) is 41.3 Å². The van der Waals surface area contributed by atoms with Gasteiger partial charge in [-0.1, -0.05) is 24.3 Å². The zero-order chi connectivity index (χ0) is 21.7. The van der Waals surface area contributed by atoms with Crippen molar-refractivity contribution in [1.82, 2.24) is 10.2 Å². The Hall–Kier alpha value is -3.10. The first-order valence-electron chi connectivity index (χ1n) is 10.5. The number of amidine groups is 1. The molecule has 8 heteroatoms. The molecule has 0 bridgehead atoms. The monoisotopic (exact) mass is 423 g/mol. The molecule has 2 aromatic carbocycles. The zero-order valence-electron chi connectivity index (χ0n) is 18.0. The van der Waals surface area contributed by atoms with Gasteiger partial charge in [-0.3, -0.25) is 10.3 Å². The quantitative estimate of drug-likeness (QED) is 0.644. The number of carbonyl (C=O) groups excluding carboxylic acids is 1. The number of ether oxygens (including phenoxy) is 2. The summed E-state index contributed by atoms with van der Waals surface area (Å²) in [6.45, 7) is 2.96. The minimum atomic E-state index is -0.432. The van der Waals surface area contributed by atoms with Gasteiger partial charge in [0.05, 0.1) is 25.8 Å². The lowest BCUT2D eigenvalue weighted by molar-refractivity contribution is 0.207. The Morgan fingerprint density at radius 1 is 1.23 bits per heavy atom. The van der Waals surface area contributed by atoms with E-state index < -0.39 is 5.54 Å². The Labute approximate surface area is 182 Å². The van der Waals surface area contributed by atoms with Crippen molar-refractivity contribution in [2.45, 2.75) is 18.5 Å². The van der Waals surface area contributed by atoms with Gasteiger partial charge in [-0.2, -0.15) is 0 Å². The molecule has 2 aliphatic heterocycles. The minimum absolute atomic E-state index is 0.134. The highest BCUT2D eigenvalue weighted by atomic mass is 16.5. The van der Waals surface area contributed by atoms with Crippen LogP contribution in [0.4, 0.5) is 16.2 Å². The second-order valence-corrected chi connectivity index (χ2v) is 7.77. The van der Waals surface area contributed by atoms with Crippen LogP contribution in [0.25, 0.3) is 0 Å². The molecule has 1 fully saturated rings. The second kappa shape index (κ2) is 9.36. The molecule has 0 aromatic heterocycles. The first kappa shape index (κ1) is 21.1. The van der Waals surface area contributed by atoms with Crippen LogP contribution in [0.3, 0.4) is 0 Å². The number of nitrogens with zero attached hydrogens (tertiary/aromatic N) is 2. The second-order valence-electron chi connectivity index (χ2n) is 7.77. The van der Waals surface area contributed by atoms with E-state index >= 15 is 0 Å². The third-order valence-electron chi connectivity index (χ3n) is 5.78. The molecule has 2 aliphatic rings. The molecule has 1 saturated heterocycles. The number of hydrogen-bond donors (Lipinski definition) is 3. The van der Waals surface area contributed by atoms with Crippen LogP contribution in [0.15, 0.2) is 53.5 Å². The molecule has 0 radical (unpaired) electrons. The average molecular weight is 424 g/mol. The van der Waals surface area contributed by atoms with Gasteiger partial charge in [-0.05, 0) is 30.2 Å². The number of benzene rings is 2. The summed E-state index contributed by atoms with van der Waals surface area (Å²) in [6.07, 6.45) is 0.769. The van der Waals surface area contributed by atoms with Crippen molar-refractivity contribution in [3.8, 4) is 5.75 Å². The summed E-state index contributed by atoms with van der Waals surface area (Å²) in [7, 11) is 3.28. The fraction of sp³-hybridized carbons (Fsp3) is 0.391. The number of fused-ring (bicyclic) bond motifs is 1. The van der Waals surface area contributed by atoms with Crippen molar-refractivity contribution in [3.63, 3.8) is 0 Å². The van der Waals surface area contributed by atoms with Gasteiger partial charge in [0, 0.05) is 44.2 Å². The van der Waals surface area contributed by atoms with E-state index in [0.717, 1.165) is 17.9 Å². The number of urea groups is 1. The van der Waals surface area contributed by atoms with Gasteiger partial charge in [-0.15, -0.1) is 0 Å². The molecular formula is C23H29N5O3. The third kappa shape index (κ3) is 4.65. The van der Waals surface area contributed by atoms with Crippen LogP contribution in [-0.2, 0) is 11.3 Å². The van der Waals surface area contributed by atoms with E-state index in [2.05, 4.69) is 28.1 Å². The molecule has 1 spiro atoms. The van der Waals surface area contributed by atoms with Crippen molar-refractivity contribution in [1.29, 1.82) is 0 Å². The fourth-order valence-electron chi connectivity index (χ4n) is 4.06. The lowest BCUT2D eigenvalue weighted by Crippen LogP contribution is -2.55. The molecule has 164 valence electrons. The van der Waals surface area contributed by atoms with E-state index in [-0.39, 0.29) is 6.03 Å². The minimum Gasteiger partial charge on any atom is -0.497 e. The molecule has 2 amide bonds. The van der Waals surface area contributed by atoms with Crippen molar-refractivity contribution < 1.29 is 14.3 Å². The number of likely N-dealkylation sites (tertiary alicyclic amines) is 1. The standard InChI is InChI=1S/C23H29N5O3/c1-30-13-11-24-21-23(25-15-17-6-3-4-9-20(17)27-21)10-12-28(16-23)22(29)26-18-7-5-8-19(14-18)31-2/h3-9,14,25H,10-13,15-16H2,1-2H3,(H,24,27)(H,26,29)/t23-/m0/s1. The predicted octanol–water partition coefficient (Wildman–Crippen LogP) is 2.93. The topological polar surface area (TPSA) is 87.2 Å². The van der Waals surface area contributed by atoms with Gasteiger partial charge >= 0.3 is 6.03 Å². The Morgan fingerprint density at radius 2 is 2.10 bits per heavy atom. The molecule has 0 aliphatic carbocycles. The van der Waals surface area contributed by atoms with Crippen LogP contribution >= 0.6 is 0 Å². The van der Waals surface area contributed by atoms with Gasteiger partial charge in [0.25, 0.3) is 0 Å². The summed E-state index contributed by atoms with van der Waals surface area (Å²) in [6, 6.07) is 15.4. The number of para-hydroxylation sites is 1. The van der Waals surface area contributed by atoms with Crippen molar-refractivity contribution >= 4 is 23.2 Å². The summed E-state index contributed by atoms with van der Waals surface area (Å²) < 4.78 is 10.4. The highest BCUT2D eigenvalue weighted by molar-refractivity contribution is 6.05. The van der Waals surface area contributed by atoms with E-state index in [4.69, 9.17) is 14.5 Å². The Morgan fingerprint density at radius 3 is 2.94 bits per heavy atom. The number of methoxy groups -OCH3 is 2. The van der Waals surface area contributed by atoms with Gasteiger partial charge in [-0.25, -0.2) is 4.79 Å². The van der Waals surface area contributed by atoms with E-state index in [1.165, 1.54) is 5.56 Å². The number of aliphatic imine (C=N–C) groups is 1. The predicted molar refractivity (Wildman–Crippen MR) is 122 cm³/mol. The highest BCUT2D eigenvalue weighted by Gasteiger charge is 2.45. The highest BCUT2D eigenvalue weighted by Crippen LogP contribution is 2.30. The summed E-state index contributed by atoms with van der Waals surface area (Å²) in [4.78, 5) is 19.6. The maximum atomic E-state index is 13.0. The molecule has 0 saturated carbocycles. The molecule has 0 unspecified atom stereocenters. The van der Waals surface area contributed by atoms with Gasteiger partial charge in [0.1, 0.15) is 11.6 Å². The molecule has 2 heterocycles. The largest absolute Gasteiger partial charge is 0.497 e. The van der Waals surface area contributed by atoms with Crippen molar-refractivity contribution in [2.75, 3.05) is 51.1 Å². The van der Waals surface area contributed by atoms with E-state index in [9.17, 15) is 4.79 Å². The van der Waals surface area contributed by atoms with E-state index in [1.54, 1.807) is 14.2 Å². The maximum Gasteiger partial charge on any atom is 0.321 e. The summed E-state index contributed by atoms with van der Waals surface area (Å²) in [5, 5.41) is 10.2. The maximum absolute atomic E-state index is 13.0. The lowest BCUT2D eigenvalue weighted by Gasteiger charge is -2.30. The SMILES string of the molecule is COCCN=C1Nc2ccccc2CN[C@]12CCN(C(=O)Nc1cccc(OC)c1)C2. The summed E-state index contributed by atoms with van der Waals surface area (Å²) in [5.74, 6) is 1.56. The fourth-order valence-corrected chi connectivity index (χ4v) is 4.06. The summed E-state index contributed by atoms with van der Waals surface area (Å²) >= 11 is 0. The van der Waals surface area contributed by atoms with Crippen LogP contribution in [0.5, 0.6) is 5.75 Å². The first-order chi connectivity index (χ1) is 15.1. The number of amides is 2. The van der Waals surface area contributed by atoms with Crippen LogP contribution in [0.2, 0.25) is 0 Å². The molecule has 3 N–H and O–H groups in total. The van der Waals surface area contributed by atoms with Gasteiger partial charge < -0.3 is 25.0 Å². The zero-order valence-corrected chi connectivity index (χ0v) is 18.0. The van der Waals surface area contributed by atoms with Crippen LogP contribution in [0.1, 0.15) is 12.0 Å². The Kier molecular flexibility index (Phi) is 6.39. The van der Waals surface area contributed by atoms with Crippen molar-refractivity contribution in [3.05, 3.63) is 54.1 Å². The normalized spacial score (nSPS) is 21.5. The molecular weight excluding hydrogens is 394 g/mol. The summed E-state index contributed by atoms with van der Waals surface area (Å²) in [5.41, 5.74) is 2.50. The molecule has 4 rings (SSSR count). The van der Waals surface area contributed by atoms with Crippen LogP contribution in [-0.4, -0.2) is 62.8 Å².